The van der Waals surface area contributed by atoms with Gasteiger partial charge in [-0.15, -0.1) is 6.58 Å². The summed E-state index contributed by atoms with van der Waals surface area (Å²) in [6.07, 6.45) is 7.83. The number of nitrogens with zero attached hydrogens (tertiary/aromatic N) is 2. The minimum atomic E-state index is -0.168. The summed E-state index contributed by atoms with van der Waals surface area (Å²) in [7, 11) is 3.14. The molecule has 0 spiro atoms. The van der Waals surface area contributed by atoms with Gasteiger partial charge in [-0.1, -0.05) is 30.3 Å². The molecule has 1 aromatic heterocycles. The normalized spacial score (nSPS) is 10.4. The number of carbonyl (C=O) groups excluding carboxylic acids is 1. The van der Waals surface area contributed by atoms with E-state index in [0.717, 1.165) is 17.7 Å². The van der Waals surface area contributed by atoms with Gasteiger partial charge in [0.1, 0.15) is 0 Å². The first kappa shape index (κ1) is 20.2. The van der Waals surface area contributed by atoms with Gasteiger partial charge in [-0.3, -0.25) is 4.79 Å². The second kappa shape index (κ2) is 9.59. The van der Waals surface area contributed by atoms with Crippen molar-refractivity contribution in [3.63, 3.8) is 0 Å². The van der Waals surface area contributed by atoms with Crippen LogP contribution >= 0.6 is 0 Å². The van der Waals surface area contributed by atoms with Gasteiger partial charge in [-0.2, -0.15) is 0 Å². The molecule has 1 heterocycles. The fourth-order valence-corrected chi connectivity index (χ4v) is 3.12. The molecule has 6 heteroatoms. The summed E-state index contributed by atoms with van der Waals surface area (Å²) in [6.45, 7) is 4.97. The van der Waals surface area contributed by atoms with Crippen LogP contribution < -0.4 is 14.8 Å². The summed E-state index contributed by atoms with van der Waals surface area (Å²) in [4.78, 5) is 16.7. The topological polar surface area (TPSA) is 65.4 Å². The Hall–Kier alpha value is -3.54. The molecule has 3 aromatic rings. The molecule has 0 atom stereocenters. The van der Waals surface area contributed by atoms with Gasteiger partial charge in [0.15, 0.2) is 11.5 Å². The van der Waals surface area contributed by atoms with Crippen LogP contribution in [0.2, 0.25) is 0 Å². The minimum Gasteiger partial charge on any atom is -0.493 e. The zero-order chi connectivity index (χ0) is 20.6. The van der Waals surface area contributed by atoms with Gasteiger partial charge in [0.25, 0.3) is 5.91 Å². The van der Waals surface area contributed by atoms with Gasteiger partial charge in [0.05, 0.1) is 20.5 Å². The Kier molecular flexibility index (Phi) is 6.68. The highest BCUT2D eigenvalue weighted by molar-refractivity contribution is 5.95. The van der Waals surface area contributed by atoms with Crippen molar-refractivity contribution in [1.82, 2.24) is 14.9 Å². The second-order valence-corrected chi connectivity index (χ2v) is 6.60. The van der Waals surface area contributed by atoms with E-state index < -0.39 is 0 Å². The number of allylic oxidation sites excluding steroid dienone is 1. The molecule has 6 nitrogen and oxygen atoms in total. The molecule has 0 aliphatic carbocycles. The van der Waals surface area contributed by atoms with E-state index in [1.165, 1.54) is 5.56 Å². The molecule has 1 amide bonds. The molecule has 0 aliphatic heterocycles. The Labute approximate surface area is 170 Å². The Balaban J connectivity index is 1.67. The third-order valence-electron chi connectivity index (χ3n) is 4.58. The summed E-state index contributed by atoms with van der Waals surface area (Å²) < 4.78 is 12.8. The number of ether oxygens (including phenoxy) is 2. The van der Waals surface area contributed by atoms with Gasteiger partial charge in [-0.25, -0.2) is 4.98 Å². The maximum Gasteiger partial charge on any atom is 0.251 e. The number of carbonyl (C=O) groups is 1. The third-order valence-corrected chi connectivity index (χ3v) is 4.58. The van der Waals surface area contributed by atoms with Crippen LogP contribution in [0.5, 0.6) is 11.5 Å². The number of nitrogens with one attached hydrogen (secondary N) is 1. The lowest BCUT2D eigenvalue weighted by atomic mass is 10.0. The molecule has 0 aliphatic rings. The first-order valence-electron chi connectivity index (χ1n) is 9.32. The lowest BCUT2D eigenvalue weighted by molar-refractivity contribution is 0.0950. The van der Waals surface area contributed by atoms with Crippen LogP contribution in [0.4, 0.5) is 0 Å². The predicted molar refractivity (Wildman–Crippen MR) is 112 cm³/mol. The van der Waals surface area contributed by atoms with Crippen LogP contribution in [0.3, 0.4) is 0 Å². The van der Waals surface area contributed by atoms with Gasteiger partial charge in [-0.05, 0) is 29.7 Å². The fourth-order valence-electron chi connectivity index (χ4n) is 3.12. The monoisotopic (exact) mass is 391 g/mol. The minimum absolute atomic E-state index is 0.168. The largest absolute Gasteiger partial charge is 0.493 e. The maximum atomic E-state index is 12.7. The van der Waals surface area contributed by atoms with Gasteiger partial charge < -0.3 is 19.4 Å². The number of benzene rings is 2. The van der Waals surface area contributed by atoms with E-state index in [1.807, 2.05) is 29.0 Å². The number of rotatable bonds is 9. The van der Waals surface area contributed by atoms with E-state index in [0.29, 0.717) is 30.0 Å². The Morgan fingerprint density at radius 3 is 2.55 bits per heavy atom. The van der Waals surface area contributed by atoms with E-state index >= 15 is 0 Å². The molecule has 0 radical (unpaired) electrons. The average molecular weight is 391 g/mol. The van der Waals surface area contributed by atoms with Crippen molar-refractivity contribution >= 4 is 5.91 Å². The summed E-state index contributed by atoms with van der Waals surface area (Å²) in [5, 5.41) is 2.96. The van der Waals surface area contributed by atoms with Gasteiger partial charge >= 0.3 is 0 Å². The number of hydrogen-bond donors (Lipinski definition) is 1. The van der Waals surface area contributed by atoms with Crippen LogP contribution in [0, 0.1) is 0 Å². The number of imidazole rings is 1. The second-order valence-electron chi connectivity index (χ2n) is 6.60. The highest BCUT2D eigenvalue weighted by Crippen LogP contribution is 2.33. The summed E-state index contributed by atoms with van der Waals surface area (Å²) in [6, 6.07) is 11.6. The van der Waals surface area contributed by atoms with Crippen molar-refractivity contribution in [3.8, 4) is 11.5 Å². The molecule has 0 unspecified atom stereocenters. The molecule has 0 bridgehead atoms. The van der Waals surface area contributed by atoms with Crippen LogP contribution in [0.25, 0.3) is 0 Å². The molecule has 0 saturated heterocycles. The van der Waals surface area contributed by atoms with Crippen molar-refractivity contribution in [3.05, 3.63) is 90.0 Å². The molecular formula is C23H25N3O3. The SMILES string of the molecule is C=CCc1cc(C(=O)NCc2ccc(Cn3ccnc3)cc2)cc(OC)c1OC. The van der Waals surface area contributed by atoms with E-state index in [1.54, 1.807) is 38.9 Å². The van der Waals surface area contributed by atoms with Crippen molar-refractivity contribution in [2.24, 2.45) is 0 Å². The zero-order valence-electron chi connectivity index (χ0n) is 16.7. The number of methoxy groups -OCH3 is 2. The summed E-state index contributed by atoms with van der Waals surface area (Å²) >= 11 is 0. The van der Waals surface area contributed by atoms with Crippen molar-refractivity contribution < 1.29 is 14.3 Å². The summed E-state index contributed by atoms with van der Waals surface area (Å²) in [5.41, 5.74) is 3.58. The first-order valence-corrected chi connectivity index (χ1v) is 9.32. The lowest BCUT2D eigenvalue weighted by Crippen LogP contribution is -2.23. The zero-order valence-corrected chi connectivity index (χ0v) is 16.7. The Morgan fingerprint density at radius 1 is 1.17 bits per heavy atom. The average Bonchev–Trinajstić information content (AvgIpc) is 3.25. The third kappa shape index (κ3) is 5.04. The molecule has 29 heavy (non-hydrogen) atoms. The van der Waals surface area contributed by atoms with Crippen molar-refractivity contribution in [2.45, 2.75) is 19.5 Å². The van der Waals surface area contributed by atoms with Crippen LogP contribution in [0.1, 0.15) is 27.0 Å². The molecule has 1 N–H and O–H groups in total. The number of amides is 1. The maximum absolute atomic E-state index is 12.7. The first-order chi connectivity index (χ1) is 14.1. The van der Waals surface area contributed by atoms with Crippen LogP contribution in [-0.4, -0.2) is 29.7 Å². The highest BCUT2D eigenvalue weighted by Gasteiger charge is 2.15. The van der Waals surface area contributed by atoms with Gasteiger partial charge in [0.2, 0.25) is 0 Å². The highest BCUT2D eigenvalue weighted by atomic mass is 16.5. The molecule has 3 rings (SSSR count). The van der Waals surface area contributed by atoms with Crippen LogP contribution in [-0.2, 0) is 19.5 Å². The number of aromatic nitrogens is 2. The van der Waals surface area contributed by atoms with E-state index in [-0.39, 0.29) is 5.91 Å². The molecule has 150 valence electrons. The molecular weight excluding hydrogens is 366 g/mol. The lowest BCUT2D eigenvalue weighted by Gasteiger charge is -2.14. The van der Waals surface area contributed by atoms with Gasteiger partial charge in [0, 0.05) is 36.6 Å². The predicted octanol–water partition coefficient (Wildman–Crippen LogP) is 3.61. The van der Waals surface area contributed by atoms with E-state index in [9.17, 15) is 4.79 Å². The van der Waals surface area contributed by atoms with Crippen LogP contribution in [0.15, 0.2) is 67.8 Å². The standard InChI is InChI=1S/C23H25N3O3/c1-4-5-19-12-20(13-21(28-2)22(19)29-3)23(27)25-14-17-6-8-18(9-7-17)15-26-11-10-24-16-26/h4,6-13,16H,1,5,14-15H2,2-3H3,(H,25,27). The fraction of sp³-hybridized carbons (Fsp3) is 0.217. The quantitative estimate of drug-likeness (QED) is 0.566. The Morgan fingerprint density at radius 2 is 1.93 bits per heavy atom. The van der Waals surface area contributed by atoms with E-state index in [2.05, 4.69) is 29.0 Å². The number of hydrogen-bond acceptors (Lipinski definition) is 4. The summed E-state index contributed by atoms with van der Waals surface area (Å²) in [5.74, 6) is 0.983. The smallest absolute Gasteiger partial charge is 0.251 e. The molecule has 2 aromatic carbocycles. The molecule has 0 saturated carbocycles. The van der Waals surface area contributed by atoms with Crippen molar-refractivity contribution in [1.29, 1.82) is 0 Å². The Bertz CT molecular complexity index is 964. The van der Waals surface area contributed by atoms with Crippen molar-refractivity contribution in [2.75, 3.05) is 14.2 Å². The van der Waals surface area contributed by atoms with E-state index in [4.69, 9.17) is 9.47 Å². The molecule has 0 fully saturated rings.